The zero-order chi connectivity index (χ0) is 24.1. The molecule has 0 radical (unpaired) electrons. The van der Waals surface area contributed by atoms with Crippen molar-refractivity contribution in [2.24, 2.45) is 0 Å². The fraction of sp³-hybridized carbons (Fsp3) is 0.417. The van der Waals surface area contributed by atoms with E-state index in [1.807, 2.05) is 25.1 Å². The number of benzene rings is 1. The summed E-state index contributed by atoms with van der Waals surface area (Å²) in [4.78, 5) is 39.4. The normalized spacial score (nSPS) is 22.2. The molecule has 0 aliphatic carbocycles. The maximum absolute atomic E-state index is 11.8. The van der Waals surface area contributed by atoms with Crippen molar-refractivity contribution in [3.8, 4) is 16.9 Å². The first-order valence-corrected chi connectivity index (χ1v) is 11.5. The highest BCUT2D eigenvalue weighted by Crippen LogP contribution is 2.35. The predicted octanol–water partition coefficient (Wildman–Crippen LogP) is 3.61. The predicted molar refractivity (Wildman–Crippen MR) is 123 cm³/mol. The van der Waals surface area contributed by atoms with Gasteiger partial charge in [0.15, 0.2) is 23.7 Å². The molecule has 33 heavy (non-hydrogen) atoms. The average molecular weight is 474 g/mol. The highest BCUT2D eigenvalue weighted by Gasteiger charge is 2.47. The first-order valence-electron chi connectivity index (χ1n) is 10.5. The second kappa shape index (κ2) is 10.7. The van der Waals surface area contributed by atoms with Gasteiger partial charge in [0, 0.05) is 38.3 Å². The lowest BCUT2D eigenvalue weighted by Gasteiger charge is -2.39. The van der Waals surface area contributed by atoms with E-state index in [0.29, 0.717) is 11.5 Å². The van der Waals surface area contributed by atoms with Gasteiger partial charge in [0.25, 0.3) is 0 Å². The van der Waals surface area contributed by atoms with Crippen LogP contribution < -0.4 is 4.74 Å². The van der Waals surface area contributed by atoms with Crippen molar-refractivity contribution in [2.75, 3.05) is 5.75 Å². The molecule has 9 heteroatoms. The third kappa shape index (κ3) is 6.47. The standard InChI is InChI=1S/C24H27NO7S/c1-13-6-7-18(8-14(13)2)19-9-20(11-25-10-19)32-24-23(31-17(5)28)22(30-16(4)27)21(12-33-24)29-15(3)26/h6-11,21-24H,12H2,1-5H3/t21-,22+,23-,24?/m1/s1. The molecule has 1 unspecified atom stereocenters. The fourth-order valence-electron chi connectivity index (χ4n) is 3.51. The molecule has 0 bridgehead atoms. The molecule has 3 rings (SSSR count). The van der Waals surface area contributed by atoms with E-state index in [9.17, 15) is 14.4 Å². The number of rotatable bonds is 6. The minimum absolute atomic E-state index is 0.296. The highest BCUT2D eigenvalue weighted by atomic mass is 32.2. The van der Waals surface area contributed by atoms with E-state index in [1.165, 1.54) is 38.1 Å². The third-order valence-electron chi connectivity index (χ3n) is 5.11. The van der Waals surface area contributed by atoms with Gasteiger partial charge < -0.3 is 18.9 Å². The van der Waals surface area contributed by atoms with Crippen LogP contribution in [0.2, 0.25) is 0 Å². The van der Waals surface area contributed by atoms with Crippen LogP contribution in [0, 0.1) is 13.8 Å². The van der Waals surface area contributed by atoms with Gasteiger partial charge in [-0.25, -0.2) is 0 Å². The molecule has 1 saturated heterocycles. The van der Waals surface area contributed by atoms with Crippen LogP contribution >= 0.6 is 11.8 Å². The van der Waals surface area contributed by atoms with Crippen molar-refractivity contribution in [3.63, 3.8) is 0 Å². The van der Waals surface area contributed by atoms with Crippen LogP contribution in [0.25, 0.3) is 11.1 Å². The zero-order valence-electron chi connectivity index (χ0n) is 19.2. The summed E-state index contributed by atoms with van der Waals surface area (Å²) in [5.41, 5.74) is 3.52. The minimum Gasteiger partial charge on any atom is -0.474 e. The number of hydrogen-bond donors (Lipinski definition) is 0. The molecule has 2 aromatic rings. The summed E-state index contributed by atoms with van der Waals surface area (Å²) in [5.74, 6) is -0.920. The highest BCUT2D eigenvalue weighted by molar-refractivity contribution is 7.99. The van der Waals surface area contributed by atoms with Gasteiger partial charge in [0.1, 0.15) is 5.75 Å². The summed E-state index contributed by atoms with van der Waals surface area (Å²) in [6.45, 7) is 7.86. The molecule has 1 fully saturated rings. The molecule has 1 aromatic heterocycles. The first-order chi connectivity index (χ1) is 15.6. The van der Waals surface area contributed by atoms with E-state index >= 15 is 0 Å². The Morgan fingerprint density at radius 3 is 2.15 bits per heavy atom. The van der Waals surface area contributed by atoms with Crippen LogP contribution in [-0.4, -0.2) is 52.4 Å². The summed E-state index contributed by atoms with van der Waals surface area (Å²) in [7, 11) is 0. The van der Waals surface area contributed by atoms with Gasteiger partial charge in [-0.05, 0) is 36.6 Å². The number of nitrogens with zero attached hydrogens (tertiary/aromatic N) is 1. The molecule has 2 heterocycles. The van der Waals surface area contributed by atoms with E-state index in [2.05, 4.69) is 18.0 Å². The van der Waals surface area contributed by atoms with Crippen molar-refractivity contribution < 1.29 is 33.3 Å². The minimum atomic E-state index is -1.00. The topological polar surface area (TPSA) is 101 Å². The van der Waals surface area contributed by atoms with Crippen molar-refractivity contribution in [3.05, 3.63) is 47.8 Å². The molecule has 4 atom stereocenters. The van der Waals surface area contributed by atoms with Crippen LogP contribution in [-0.2, 0) is 28.6 Å². The van der Waals surface area contributed by atoms with Gasteiger partial charge in [-0.2, -0.15) is 0 Å². The largest absolute Gasteiger partial charge is 0.474 e. The Kier molecular flexibility index (Phi) is 7.97. The van der Waals surface area contributed by atoms with Crippen molar-refractivity contribution in [2.45, 2.75) is 58.4 Å². The van der Waals surface area contributed by atoms with Gasteiger partial charge in [-0.3, -0.25) is 19.4 Å². The maximum atomic E-state index is 11.8. The molecule has 1 aliphatic heterocycles. The van der Waals surface area contributed by atoms with E-state index in [0.717, 1.165) is 16.7 Å². The molecule has 0 saturated carbocycles. The number of hydrogen-bond acceptors (Lipinski definition) is 9. The molecule has 1 aromatic carbocycles. The lowest BCUT2D eigenvalue weighted by Crippen LogP contribution is -2.55. The fourth-order valence-corrected chi connectivity index (χ4v) is 4.72. The van der Waals surface area contributed by atoms with Crippen molar-refractivity contribution in [1.82, 2.24) is 4.98 Å². The van der Waals surface area contributed by atoms with Crippen LogP contribution in [0.5, 0.6) is 5.75 Å². The monoisotopic (exact) mass is 473 g/mol. The molecule has 176 valence electrons. The molecular weight excluding hydrogens is 446 g/mol. The van der Waals surface area contributed by atoms with E-state index in [1.54, 1.807) is 12.4 Å². The quantitative estimate of drug-likeness (QED) is 0.460. The maximum Gasteiger partial charge on any atom is 0.303 e. The average Bonchev–Trinajstić information content (AvgIpc) is 2.73. The van der Waals surface area contributed by atoms with Gasteiger partial charge >= 0.3 is 17.9 Å². The summed E-state index contributed by atoms with van der Waals surface area (Å²) >= 11 is 1.30. The first kappa shape index (κ1) is 24.6. The van der Waals surface area contributed by atoms with E-state index in [4.69, 9.17) is 18.9 Å². The molecule has 0 amide bonds. The molecule has 8 nitrogen and oxygen atoms in total. The Labute approximate surface area is 197 Å². The Morgan fingerprint density at radius 2 is 1.52 bits per heavy atom. The summed E-state index contributed by atoms with van der Waals surface area (Å²) in [6, 6.07) is 7.99. The van der Waals surface area contributed by atoms with Gasteiger partial charge in [0.05, 0.1) is 6.20 Å². The Balaban J connectivity index is 1.87. The van der Waals surface area contributed by atoms with Crippen LogP contribution in [0.15, 0.2) is 36.7 Å². The number of pyridine rings is 1. The van der Waals surface area contributed by atoms with Crippen molar-refractivity contribution in [1.29, 1.82) is 0 Å². The number of carbonyl (C=O) groups is 3. The zero-order valence-corrected chi connectivity index (χ0v) is 20.0. The lowest BCUT2D eigenvalue weighted by atomic mass is 10.0. The van der Waals surface area contributed by atoms with E-state index < -0.39 is 41.7 Å². The summed E-state index contributed by atoms with van der Waals surface area (Å²) in [5, 5.41) is 0. The second-order valence-corrected chi connectivity index (χ2v) is 8.96. The Bertz CT molecular complexity index is 1040. The summed E-state index contributed by atoms with van der Waals surface area (Å²) in [6.07, 6.45) is 0.541. The molecule has 0 spiro atoms. The van der Waals surface area contributed by atoms with Gasteiger partial charge in [-0.15, -0.1) is 11.8 Å². The Morgan fingerprint density at radius 1 is 0.848 bits per heavy atom. The van der Waals surface area contributed by atoms with E-state index in [-0.39, 0.29) is 0 Å². The lowest BCUT2D eigenvalue weighted by molar-refractivity contribution is -0.186. The smallest absolute Gasteiger partial charge is 0.303 e. The van der Waals surface area contributed by atoms with Crippen LogP contribution in [0.3, 0.4) is 0 Å². The number of ether oxygens (including phenoxy) is 4. The molecule has 0 N–H and O–H groups in total. The number of esters is 3. The SMILES string of the molecule is CC(=O)O[C@H]1[C@H](OC(C)=O)CSC(Oc2cncc(-c3ccc(C)c(C)c3)c2)[C@@H]1OC(C)=O. The Hall–Kier alpha value is -3.07. The number of carbonyl (C=O) groups excluding carboxylic acids is 3. The molecule has 1 aliphatic rings. The second-order valence-electron chi connectivity index (χ2n) is 7.82. The number of thioether (sulfide) groups is 1. The number of aryl methyl sites for hydroxylation is 2. The van der Waals surface area contributed by atoms with Crippen LogP contribution in [0.4, 0.5) is 0 Å². The van der Waals surface area contributed by atoms with Crippen molar-refractivity contribution >= 4 is 29.7 Å². The van der Waals surface area contributed by atoms with Crippen LogP contribution in [0.1, 0.15) is 31.9 Å². The molecular formula is C24H27NO7S. The number of aromatic nitrogens is 1. The third-order valence-corrected chi connectivity index (χ3v) is 6.32. The summed E-state index contributed by atoms with van der Waals surface area (Å²) < 4.78 is 22.3. The van der Waals surface area contributed by atoms with Gasteiger partial charge in [-0.1, -0.05) is 18.2 Å². The van der Waals surface area contributed by atoms with Gasteiger partial charge in [0.2, 0.25) is 0 Å².